The lowest BCUT2D eigenvalue weighted by atomic mass is 9.79. The van der Waals surface area contributed by atoms with Gasteiger partial charge in [0.05, 0.1) is 24.8 Å². The molecule has 2 unspecified atom stereocenters. The molecule has 0 spiro atoms. The van der Waals surface area contributed by atoms with Gasteiger partial charge in [-0.3, -0.25) is 9.59 Å². The van der Waals surface area contributed by atoms with Gasteiger partial charge in [-0.2, -0.15) is 5.10 Å². The third-order valence-electron chi connectivity index (χ3n) is 4.43. The average molecular weight is 292 g/mol. The fourth-order valence-electron chi connectivity index (χ4n) is 3.13. The molecule has 0 amide bonds. The van der Waals surface area contributed by atoms with Gasteiger partial charge in [0.15, 0.2) is 0 Å². The van der Waals surface area contributed by atoms with Crippen LogP contribution in [0.4, 0.5) is 0 Å². The number of hydrogen-bond donors (Lipinski definition) is 0. The number of carbonyl (C=O) groups is 1. The number of carbonyl (C=O) groups excluding carboxylic acids is 1. The van der Waals surface area contributed by atoms with E-state index in [1.165, 1.54) is 11.8 Å². The quantitative estimate of drug-likeness (QED) is 0.781. The van der Waals surface area contributed by atoms with E-state index in [4.69, 9.17) is 4.74 Å². The van der Waals surface area contributed by atoms with Gasteiger partial charge in [-0.1, -0.05) is 20.3 Å². The van der Waals surface area contributed by atoms with E-state index in [1.54, 1.807) is 0 Å². The first-order chi connectivity index (χ1) is 10.0. The molecular formula is C16H24N2O3. The summed E-state index contributed by atoms with van der Waals surface area (Å²) in [5.41, 5.74) is 2.80. The van der Waals surface area contributed by atoms with Crippen molar-refractivity contribution in [3.8, 4) is 0 Å². The average Bonchev–Trinajstić information content (AvgIpc) is 2.43. The third-order valence-corrected chi connectivity index (χ3v) is 4.43. The Morgan fingerprint density at radius 1 is 1.33 bits per heavy atom. The summed E-state index contributed by atoms with van der Waals surface area (Å²) < 4.78 is 6.34. The Balaban J connectivity index is 2.44. The number of nitrogens with zero attached hydrogens (tertiary/aromatic N) is 2. The van der Waals surface area contributed by atoms with Gasteiger partial charge in [-0.15, -0.1) is 0 Å². The van der Waals surface area contributed by atoms with Crippen LogP contribution >= 0.6 is 0 Å². The molecule has 1 fully saturated rings. The second-order valence-corrected chi connectivity index (χ2v) is 5.67. The predicted octanol–water partition coefficient (Wildman–Crippen LogP) is 2.19. The van der Waals surface area contributed by atoms with E-state index >= 15 is 0 Å². The van der Waals surface area contributed by atoms with Gasteiger partial charge < -0.3 is 4.74 Å². The lowest BCUT2D eigenvalue weighted by Gasteiger charge is -2.35. The smallest absolute Gasteiger partial charge is 0.310 e. The van der Waals surface area contributed by atoms with Crippen LogP contribution in [0.1, 0.15) is 56.0 Å². The number of ether oxygens (including phenoxy) is 1. The molecule has 0 saturated heterocycles. The van der Waals surface area contributed by atoms with Crippen LogP contribution in [0, 0.1) is 12.8 Å². The van der Waals surface area contributed by atoms with Gasteiger partial charge in [0.1, 0.15) is 0 Å². The second-order valence-electron chi connectivity index (χ2n) is 5.67. The van der Waals surface area contributed by atoms with Gasteiger partial charge >= 0.3 is 5.97 Å². The molecule has 1 aromatic rings. The highest BCUT2D eigenvalue weighted by molar-refractivity contribution is 5.73. The maximum Gasteiger partial charge on any atom is 0.310 e. The minimum absolute atomic E-state index is 0.0369. The van der Waals surface area contributed by atoms with Crippen LogP contribution in [0.25, 0.3) is 0 Å². The standard InChI is InChI=1S/C16H24N2O3/c1-5-7-12-10(3)17-18(15(19)11(12)6-2)14-9-8-13(14)16(20)21-4/h13-14H,5-9H2,1-4H3. The molecule has 2 rings (SSSR count). The van der Waals surface area contributed by atoms with Gasteiger partial charge in [0, 0.05) is 5.56 Å². The van der Waals surface area contributed by atoms with E-state index in [0.717, 1.165) is 42.5 Å². The third kappa shape index (κ3) is 2.74. The summed E-state index contributed by atoms with van der Waals surface area (Å²) in [5.74, 6) is -0.477. The van der Waals surface area contributed by atoms with Crippen molar-refractivity contribution >= 4 is 5.97 Å². The Morgan fingerprint density at radius 3 is 2.52 bits per heavy atom. The van der Waals surface area contributed by atoms with E-state index in [2.05, 4.69) is 12.0 Å². The summed E-state index contributed by atoms with van der Waals surface area (Å²) in [6, 6.07) is -0.148. The Morgan fingerprint density at radius 2 is 2.05 bits per heavy atom. The van der Waals surface area contributed by atoms with Crippen molar-refractivity contribution in [2.45, 2.75) is 58.9 Å². The Labute approximate surface area is 125 Å². The first kappa shape index (κ1) is 15.7. The molecular weight excluding hydrogens is 268 g/mol. The Bertz CT molecular complexity index is 592. The lowest BCUT2D eigenvalue weighted by molar-refractivity contribution is -0.151. The number of hydrogen-bond acceptors (Lipinski definition) is 4. The summed E-state index contributed by atoms with van der Waals surface area (Å²) in [5, 5.41) is 4.49. The van der Waals surface area contributed by atoms with E-state index in [9.17, 15) is 9.59 Å². The first-order valence-electron chi connectivity index (χ1n) is 7.74. The predicted molar refractivity (Wildman–Crippen MR) is 80.4 cm³/mol. The molecule has 1 saturated carbocycles. The summed E-state index contributed by atoms with van der Waals surface area (Å²) in [6.07, 6.45) is 4.15. The van der Waals surface area contributed by atoms with Gasteiger partial charge in [0.2, 0.25) is 0 Å². The fourth-order valence-corrected chi connectivity index (χ4v) is 3.13. The molecule has 5 heteroatoms. The molecule has 0 bridgehead atoms. The molecule has 1 aliphatic rings. The SMILES string of the molecule is CCCc1c(C)nn(C2CCC2C(=O)OC)c(=O)c1CC. The van der Waals surface area contributed by atoms with Crippen LogP contribution in [0.5, 0.6) is 0 Å². The zero-order valence-electron chi connectivity index (χ0n) is 13.3. The zero-order chi connectivity index (χ0) is 15.6. The number of aromatic nitrogens is 2. The minimum Gasteiger partial charge on any atom is -0.469 e. The largest absolute Gasteiger partial charge is 0.469 e. The van der Waals surface area contributed by atoms with Gasteiger partial charge in [-0.05, 0) is 38.2 Å². The molecule has 21 heavy (non-hydrogen) atoms. The Hall–Kier alpha value is -1.65. The zero-order valence-corrected chi connectivity index (χ0v) is 13.3. The number of aryl methyl sites for hydroxylation is 1. The molecule has 0 radical (unpaired) electrons. The molecule has 0 N–H and O–H groups in total. The van der Waals surface area contributed by atoms with Crippen LogP contribution in [0.15, 0.2) is 4.79 Å². The highest BCUT2D eigenvalue weighted by atomic mass is 16.5. The maximum absolute atomic E-state index is 12.7. The highest BCUT2D eigenvalue weighted by Gasteiger charge is 2.40. The molecule has 0 aromatic carbocycles. The summed E-state index contributed by atoms with van der Waals surface area (Å²) in [4.78, 5) is 24.4. The van der Waals surface area contributed by atoms with Crippen molar-refractivity contribution in [3.05, 3.63) is 27.2 Å². The van der Waals surface area contributed by atoms with Crippen molar-refractivity contribution < 1.29 is 9.53 Å². The first-order valence-corrected chi connectivity index (χ1v) is 7.74. The van der Waals surface area contributed by atoms with E-state index < -0.39 is 0 Å². The van der Waals surface area contributed by atoms with Crippen molar-refractivity contribution in [1.29, 1.82) is 0 Å². The second kappa shape index (κ2) is 6.41. The Kier molecular flexibility index (Phi) is 4.80. The molecule has 1 aliphatic carbocycles. The fraction of sp³-hybridized carbons (Fsp3) is 0.688. The monoisotopic (exact) mass is 292 g/mol. The summed E-state index contributed by atoms with van der Waals surface area (Å²) in [7, 11) is 1.39. The lowest BCUT2D eigenvalue weighted by Crippen LogP contribution is -2.43. The van der Waals surface area contributed by atoms with Crippen LogP contribution in [0.3, 0.4) is 0 Å². The van der Waals surface area contributed by atoms with E-state index in [-0.39, 0.29) is 23.5 Å². The van der Waals surface area contributed by atoms with Crippen LogP contribution in [-0.2, 0) is 22.4 Å². The molecule has 5 nitrogen and oxygen atoms in total. The van der Waals surface area contributed by atoms with Crippen molar-refractivity contribution in [2.75, 3.05) is 7.11 Å². The topological polar surface area (TPSA) is 61.2 Å². The molecule has 2 atom stereocenters. The van der Waals surface area contributed by atoms with E-state index in [1.807, 2.05) is 13.8 Å². The molecule has 1 heterocycles. The van der Waals surface area contributed by atoms with Crippen LogP contribution < -0.4 is 5.56 Å². The summed E-state index contributed by atoms with van der Waals surface area (Å²) in [6.45, 7) is 6.05. The van der Waals surface area contributed by atoms with Crippen molar-refractivity contribution in [2.24, 2.45) is 5.92 Å². The number of esters is 1. The molecule has 116 valence electrons. The van der Waals surface area contributed by atoms with Crippen LogP contribution in [0.2, 0.25) is 0 Å². The summed E-state index contributed by atoms with van der Waals surface area (Å²) >= 11 is 0. The highest BCUT2D eigenvalue weighted by Crippen LogP contribution is 2.38. The van der Waals surface area contributed by atoms with Crippen molar-refractivity contribution in [1.82, 2.24) is 9.78 Å². The number of rotatable bonds is 5. The van der Waals surface area contributed by atoms with E-state index in [0.29, 0.717) is 6.42 Å². The van der Waals surface area contributed by atoms with Gasteiger partial charge in [0.25, 0.3) is 5.56 Å². The minimum atomic E-state index is -0.242. The van der Waals surface area contributed by atoms with Gasteiger partial charge in [-0.25, -0.2) is 4.68 Å². The normalized spacial score (nSPS) is 21.0. The number of methoxy groups -OCH3 is 1. The maximum atomic E-state index is 12.7. The molecule has 0 aliphatic heterocycles. The van der Waals surface area contributed by atoms with Crippen LogP contribution in [-0.4, -0.2) is 22.9 Å². The van der Waals surface area contributed by atoms with Crippen molar-refractivity contribution in [3.63, 3.8) is 0 Å². The molecule has 1 aromatic heterocycles.